The number of hydrogen-bond acceptors (Lipinski definition) is 3. The minimum Gasteiger partial charge on any atom is -0.444 e. The van der Waals surface area contributed by atoms with E-state index in [1.54, 1.807) is 0 Å². The summed E-state index contributed by atoms with van der Waals surface area (Å²) in [4.78, 5) is 17.0. The molecule has 1 aliphatic rings. The van der Waals surface area contributed by atoms with Crippen LogP contribution in [0, 0.1) is 0 Å². The van der Waals surface area contributed by atoms with Gasteiger partial charge in [0, 0.05) is 32.2 Å². The van der Waals surface area contributed by atoms with Crippen LogP contribution >= 0.6 is 0 Å². The van der Waals surface area contributed by atoms with Gasteiger partial charge >= 0.3 is 6.09 Å². The molecule has 0 spiro atoms. The van der Waals surface area contributed by atoms with E-state index in [0.29, 0.717) is 12.6 Å². The van der Waals surface area contributed by atoms with Gasteiger partial charge in [0.2, 0.25) is 0 Å². The number of carbonyl (C=O) groups is 1. The van der Waals surface area contributed by atoms with E-state index in [0.717, 1.165) is 32.5 Å². The van der Waals surface area contributed by atoms with Crippen molar-refractivity contribution in [3.63, 3.8) is 0 Å². The van der Waals surface area contributed by atoms with Crippen LogP contribution in [0.1, 0.15) is 44.7 Å². The van der Waals surface area contributed by atoms with Crippen molar-refractivity contribution in [2.75, 3.05) is 13.1 Å². The van der Waals surface area contributed by atoms with Gasteiger partial charge in [-0.2, -0.15) is 0 Å². The van der Waals surface area contributed by atoms with Crippen molar-refractivity contribution in [1.29, 1.82) is 0 Å². The van der Waals surface area contributed by atoms with Gasteiger partial charge in [-0.3, -0.25) is 4.90 Å². The SMILES string of the molecule is CC(C)(C)OC(=O)N1CCC[C@@H](N(Cc2ccccc2)Cc2ccccc2)C1. The van der Waals surface area contributed by atoms with Crippen molar-refractivity contribution in [3.8, 4) is 0 Å². The van der Waals surface area contributed by atoms with Gasteiger partial charge < -0.3 is 9.64 Å². The van der Waals surface area contributed by atoms with Gasteiger partial charge in [-0.1, -0.05) is 60.7 Å². The van der Waals surface area contributed by atoms with Gasteiger partial charge in [0.05, 0.1) is 0 Å². The summed E-state index contributed by atoms with van der Waals surface area (Å²) in [7, 11) is 0. The van der Waals surface area contributed by atoms with Crippen LogP contribution in [0.5, 0.6) is 0 Å². The Morgan fingerprint density at radius 1 is 1.00 bits per heavy atom. The first-order chi connectivity index (χ1) is 13.4. The second-order valence-electron chi connectivity index (χ2n) is 8.60. The average molecular weight is 381 g/mol. The molecule has 28 heavy (non-hydrogen) atoms. The Bertz CT molecular complexity index is 699. The highest BCUT2D eigenvalue weighted by Gasteiger charge is 2.30. The molecule has 0 radical (unpaired) electrons. The quantitative estimate of drug-likeness (QED) is 0.724. The lowest BCUT2D eigenvalue weighted by atomic mass is 10.0. The predicted molar refractivity (Wildman–Crippen MR) is 113 cm³/mol. The van der Waals surface area contributed by atoms with Gasteiger partial charge in [0.25, 0.3) is 0 Å². The molecule has 0 aliphatic carbocycles. The van der Waals surface area contributed by atoms with Crippen molar-refractivity contribution >= 4 is 6.09 Å². The molecule has 3 rings (SSSR count). The maximum Gasteiger partial charge on any atom is 0.410 e. The Kier molecular flexibility index (Phi) is 6.74. The van der Waals surface area contributed by atoms with Crippen LogP contribution in [0.2, 0.25) is 0 Å². The lowest BCUT2D eigenvalue weighted by molar-refractivity contribution is 0.00893. The van der Waals surface area contributed by atoms with Gasteiger partial charge in [0.15, 0.2) is 0 Å². The molecular formula is C24H32N2O2. The Balaban J connectivity index is 1.73. The van der Waals surface area contributed by atoms with Crippen molar-refractivity contribution < 1.29 is 9.53 Å². The van der Waals surface area contributed by atoms with Gasteiger partial charge in [-0.25, -0.2) is 4.79 Å². The second kappa shape index (κ2) is 9.24. The van der Waals surface area contributed by atoms with Gasteiger partial charge in [-0.15, -0.1) is 0 Å². The largest absolute Gasteiger partial charge is 0.444 e. The highest BCUT2D eigenvalue weighted by Crippen LogP contribution is 2.22. The number of ether oxygens (including phenoxy) is 1. The Labute approximate surface area is 169 Å². The Morgan fingerprint density at radius 2 is 1.54 bits per heavy atom. The van der Waals surface area contributed by atoms with E-state index in [-0.39, 0.29) is 6.09 Å². The van der Waals surface area contributed by atoms with Crippen molar-refractivity contribution in [3.05, 3.63) is 71.8 Å². The molecule has 0 aromatic heterocycles. The maximum atomic E-state index is 12.6. The van der Waals surface area contributed by atoms with Crippen LogP contribution in [0.15, 0.2) is 60.7 Å². The zero-order valence-electron chi connectivity index (χ0n) is 17.3. The first-order valence-corrected chi connectivity index (χ1v) is 10.2. The fourth-order valence-corrected chi connectivity index (χ4v) is 3.70. The summed E-state index contributed by atoms with van der Waals surface area (Å²) in [5.74, 6) is 0. The smallest absolute Gasteiger partial charge is 0.410 e. The third-order valence-corrected chi connectivity index (χ3v) is 5.02. The minimum absolute atomic E-state index is 0.198. The number of nitrogens with zero attached hydrogens (tertiary/aromatic N) is 2. The summed E-state index contributed by atoms with van der Waals surface area (Å²) in [6.07, 6.45) is 1.90. The lowest BCUT2D eigenvalue weighted by Crippen LogP contribution is -2.50. The third-order valence-electron chi connectivity index (χ3n) is 5.02. The van der Waals surface area contributed by atoms with Crippen LogP contribution < -0.4 is 0 Å². The van der Waals surface area contributed by atoms with E-state index < -0.39 is 5.60 Å². The number of hydrogen-bond donors (Lipinski definition) is 0. The van der Waals surface area contributed by atoms with Crippen LogP contribution in [-0.4, -0.2) is 40.6 Å². The molecule has 0 unspecified atom stereocenters. The van der Waals surface area contributed by atoms with E-state index >= 15 is 0 Å². The molecule has 0 saturated carbocycles. The summed E-state index contributed by atoms with van der Waals surface area (Å²) in [6, 6.07) is 21.5. The van der Waals surface area contributed by atoms with Crippen molar-refractivity contribution in [2.45, 2.75) is 58.3 Å². The topological polar surface area (TPSA) is 32.8 Å². The zero-order valence-corrected chi connectivity index (χ0v) is 17.3. The summed E-state index contributed by atoms with van der Waals surface area (Å²) in [5, 5.41) is 0. The van der Waals surface area contributed by atoms with Crippen LogP contribution in [0.25, 0.3) is 0 Å². The summed E-state index contributed by atoms with van der Waals surface area (Å²) in [5.41, 5.74) is 2.14. The molecule has 150 valence electrons. The third kappa shape index (κ3) is 6.10. The number of likely N-dealkylation sites (tertiary alicyclic amines) is 1. The standard InChI is InChI=1S/C24H32N2O2/c1-24(2,3)28-23(27)25-16-10-15-22(19-25)26(17-20-11-6-4-7-12-20)18-21-13-8-5-9-14-21/h4-9,11-14,22H,10,15-19H2,1-3H3/t22-/m1/s1. The number of amides is 1. The highest BCUT2D eigenvalue weighted by atomic mass is 16.6. The Morgan fingerprint density at radius 3 is 2.04 bits per heavy atom. The molecule has 2 aromatic rings. The van der Waals surface area contributed by atoms with Crippen molar-refractivity contribution in [1.82, 2.24) is 9.80 Å². The average Bonchev–Trinajstić information content (AvgIpc) is 2.68. The van der Waals surface area contributed by atoms with E-state index in [4.69, 9.17) is 4.74 Å². The molecule has 1 amide bonds. The Hall–Kier alpha value is -2.33. The minimum atomic E-state index is -0.461. The van der Waals surface area contributed by atoms with Crippen molar-refractivity contribution in [2.24, 2.45) is 0 Å². The first-order valence-electron chi connectivity index (χ1n) is 10.2. The molecule has 4 nitrogen and oxygen atoms in total. The van der Waals surface area contributed by atoms with Crippen LogP contribution in [0.3, 0.4) is 0 Å². The maximum absolute atomic E-state index is 12.6. The van der Waals surface area contributed by atoms with Crippen LogP contribution in [-0.2, 0) is 17.8 Å². The van der Waals surface area contributed by atoms with E-state index in [9.17, 15) is 4.79 Å². The number of carbonyl (C=O) groups excluding carboxylic acids is 1. The fraction of sp³-hybridized carbons (Fsp3) is 0.458. The molecule has 1 saturated heterocycles. The molecule has 4 heteroatoms. The summed E-state index contributed by atoms with van der Waals surface area (Å²) in [6.45, 7) is 9.01. The van der Waals surface area contributed by atoms with Gasteiger partial charge in [0.1, 0.15) is 5.60 Å². The number of rotatable bonds is 5. The molecule has 1 atom stereocenters. The highest BCUT2D eigenvalue weighted by molar-refractivity contribution is 5.68. The zero-order chi connectivity index (χ0) is 20.0. The number of piperidine rings is 1. The molecular weight excluding hydrogens is 348 g/mol. The normalized spacial score (nSPS) is 17.6. The monoisotopic (exact) mass is 380 g/mol. The van der Waals surface area contributed by atoms with E-state index in [1.165, 1.54) is 11.1 Å². The fourth-order valence-electron chi connectivity index (χ4n) is 3.70. The molecule has 1 aliphatic heterocycles. The molecule has 0 bridgehead atoms. The summed E-state index contributed by atoms with van der Waals surface area (Å²) >= 11 is 0. The van der Waals surface area contributed by atoms with E-state index in [2.05, 4.69) is 65.6 Å². The van der Waals surface area contributed by atoms with Crippen LogP contribution in [0.4, 0.5) is 4.79 Å². The predicted octanol–water partition coefficient (Wildman–Crippen LogP) is 5.09. The van der Waals surface area contributed by atoms with Gasteiger partial charge in [-0.05, 0) is 44.7 Å². The first kappa shape index (κ1) is 20.4. The molecule has 2 aromatic carbocycles. The number of benzene rings is 2. The lowest BCUT2D eigenvalue weighted by Gasteiger charge is -2.40. The molecule has 1 fully saturated rings. The van der Waals surface area contributed by atoms with E-state index in [1.807, 2.05) is 25.7 Å². The molecule has 0 N–H and O–H groups in total. The summed E-state index contributed by atoms with van der Waals surface area (Å²) < 4.78 is 5.61. The molecule has 1 heterocycles. The second-order valence-corrected chi connectivity index (χ2v) is 8.60.